The Balaban J connectivity index is 1.88. The van der Waals surface area contributed by atoms with Gasteiger partial charge in [-0.05, 0) is 40.3 Å². The van der Waals surface area contributed by atoms with Crippen LogP contribution in [0, 0.1) is 5.41 Å². The van der Waals surface area contributed by atoms with Gasteiger partial charge in [0.2, 0.25) is 10.0 Å². The van der Waals surface area contributed by atoms with Crippen molar-refractivity contribution in [3.8, 4) is 0 Å². The van der Waals surface area contributed by atoms with Crippen molar-refractivity contribution in [1.82, 2.24) is 9.62 Å². The molecule has 0 aliphatic heterocycles. The van der Waals surface area contributed by atoms with Crippen molar-refractivity contribution < 1.29 is 17.9 Å². The molecular formula is C14H26N2O4S. The average molecular weight is 318 g/mol. The number of esters is 1. The van der Waals surface area contributed by atoms with E-state index >= 15 is 0 Å². The van der Waals surface area contributed by atoms with E-state index in [-0.39, 0.29) is 30.2 Å². The van der Waals surface area contributed by atoms with Crippen LogP contribution >= 0.6 is 0 Å². The lowest BCUT2D eigenvalue weighted by Gasteiger charge is -2.63. The van der Waals surface area contributed by atoms with E-state index in [9.17, 15) is 13.2 Å². The first kappa shape index (κ1) is 16.7. The van der Waals surface area contributed by atoms with Gasteiger partial charge in [0.15, 0.2) is 0 Å². The highest BCUT2D eigenvalue weighted by atomic mass is 32.2. The van der Waals surface area contributed by atoms with E-state index in [1.807, 2.05) is 0 Å². The highest BCUT2D eigenvalue weighted by molar-refractivity contribution is 7.89. The second-order valence-corrected chi connectivity index (χ2v) is 8.22. The van der Waals surface area contributed by atoms with E-state index < -0.39 is 16.0 Å². The van der Waals surface area contributed by atoms with E-state index in [1.54, 1.807) is 6.92 Å². The van der Waals surface area contributed by atoms with Crippen LogP contribution in [0.5, 0.6) is 0 Å². The van der Waals surface area contributed by atoms with Crippen LogP contribution in [0.2, 0.25) is 0 Å². The van der Waals surface area contributed by atoms with Crippen LogP contribution in [0.25, 0.3) is 0 Å². The van der Waals surface area contributed by atoms with Crippen molar-refractivity contribution in [2.24, 2.45) is 5.41 Å². The van der Waals surface area contributed by atoms with Gasteiger partial charge in [0.1, 0.15) is 0 Å². The number of carbonyl (C=O) groups is 1. The lowest BCUT2D eigenvalue weighted by molar-refractivity contribution is -0.142. The predicted molar refractivity (Wildman–Crippen MR) is 80.3 cm³/mol. The van der Waals surface area contributed by atoms with E-state index in [0.717, 1.165) is 19.3 Å². The van der Waals surface area contributed by atoms with Crippen LogP contribution in [-0.4, -0.2) is 57.8 Å². The fourth-order valence-electron chi connectivity index (χ4n) is 3.65. The summed E-state index contributed by atoms with van der Waals surface area (Å²) in [5.41, 5.74) is 0.112. The molecule has 0 saturated heterocycles. The number of nitrogens with one attached hydrogen (secondary N) is 1. The van der Waals surface area contributed by atoms with Crippen LogP contribution in [0.15, 0.2) is 0 Å². The summed E-state index contributed by atoms with van der Waals surface area (Å²) in [6, 6.07) is 0.481. The number of rotatable bonds is 7. The molecule has 2 aliphatic carbocycles. The molecule has 2 saturated carbocycles. The van der Waals surface area contributed by atoms with Crippen molar-refractivity contribution in [2.45, 2.75) is 51.1 Å². The highest BCUT2D eigenvalue weighted by Gasteiger charge is 2.59. The summed E-state index contributed by atoms with van der Waals surface area (Å²) in [6.07, 6.45) is 4.11. The minimum atomic E-state index is -3.42. The summed E-state index contributed by atoms with van der Waals surface area (Å²) in [7, 11) is 0.683. The summed E-state index contributed by atoms with van der Waals surface area (Å²) in [5, 5.41) is 0. The third kappa shape index (κ3) is 3.40. The lowest BCUT2D eigenvalue weighted by atomic mass is 9.50. The Bertz CT molecular complexity index is 485. The Kier molecular flexibility index (Phi) is 4.95. The van der Waals surface area contributed by atoms with Crippen LogP contribution in [0.3, 0.4) is 0 Å². The van der Waals surface area contributed by atoms with Crippen molar-refractivity contribution in [2.75, 3.05) is 26.5 Å². The standard InChI is InChI=1S/C14H26N2O4S/c1-4-20-13(17)6-9-21(18,19)15-11-10-12(16(2)3)14(11)7-5-8-14/h11-12,15H,4-10H2,1-3H3. The molecule has 7 heteroatoms. The fraction of sp³-hybridized carbons (Fsp3) is 0.929. The maximum Gasteiger partial charge on any atom is 0.306 e. The molecule has 0 heterocycles. The molecular weight excluding hydrogens is 292 g/mol. The number of carbonyl (C=O) groups excluding carboxylic acids is 1. The molecule has 2 rings (SSSR count). The summed E-state index contributed by atoms with van der Waals surface area (Å²) >= 11 is 0. The van der Waals surface area contributed by atoms with Gasteiger partial charge in [-0.15, -0.1) is 0 Å². The van der Waals surface area contributed by atoms with Gasteiger partial charge in [-0.3, -0.25) is 4.79 Å². The Morgan fingerprint density at radius 3 is 2.52 bits per heavy atom. The zero-order chi connectivity index (χ0) is 15.7. The second-order valence-electron chi connectivity index (χ2n) is 6.35. The highest BCUT2D eigenvalue weighted by Crippen LogP contribution is 2.57. The maximum absolute atomic E-state index is 12.1. The smallest absolute Gasteiger partial charge is 0.306 e. The average Bonchev–Trinajstić information content (AvgIpc) is 2.30. The molecule has 1 N–H and O–H groups in total. The first-order chi connectivity index (χ1) is 9.81. The maximum atomic E-state index is 12.1. The van der Waals surface area contributed by atoms with Crippen LogP contribution in [0.4, 0.5) is 0 Å². The summed E-state index contributed by atoms with van der Waals surface area (Å²) in [5.74, 6) is -0.647. The molecule has 6 nitrogen and oxygen atoms in total. The Labute approximate surface area is 127 Å². The second kappa shape index (κ2) is 6.22. The first-order valence-corrected chi connectivity index (χ1v) is 9.28. The molecule has 122 valence electrons. The Morgan fingerprint density at radius 1 is 1.38 bits per heavy atom. The number of nitrogens with zero attached hydrogens (tertiary/aromatic N) is 1. The molecule has 2 atom stereocenters. The minimum absolute atomic E-state index is 0.0193. The lowest BCUT2D eigenvalue weighted by Crippen LogP contribution is -2.70. The summed E-state index contributed by atoms with van der Waals surface area (Å²) in [4.78, 5) is 13.5. The molecule has 21 heavy (non-hydrogen) atoms. The van der Waals surface area contributed by atoms with Gasteiger partial charge in [-0.1, -0.05) is 6.42 Å². The van der Waals surface area contributed by atoms with Gasteiger partial charge in [-0.25, -0.2) is 13.1 Å². The SMILES string of the molecule is CCOC(=O)CCS(=O)(=O)NC1CC(N(C)C)C12CCC2. The molecule has 0 aromatic rings. The topological polar surface area (TPSA) is 75.7 Å². The van der Waals surface area contributed by atoms with Crippen LogP contribution in [-0.2, 0) is 19.6 Å². The molecule has 0 aromatic carbocycles. The monoisotopic (exact) mass is 318 g/mol. The van der Waals surface area contributed by atoms with Gasteiger partial charge in [0.05, 0.1) is 18.8 Å². The fourth-order valence-corrected chi connectivity index (χ4v) is 4.97. The molecule has 2 aliphatic rings. The largest absolute Gasteiger partial charge is 0.466 e. The van der Waals surface area contributed by atoms with Gasteiger partial charge < -0.3 is 9.64 Å². The number of hydrogen-bond acceptors (Lipinski definition) is 5. The van der Waals surface area contributed by atoms with Gasteiger partial charge in [0.25, 0.3) is 0 Å². The normalized spacial score (nSPS) is 27.2. The van der Waals surface area contributed by atoms with Gasteiger partial charge in [-0.2, -0.15) is 0 Å². The summed E-state index contributed by atoms with van der Waals surface area (Å²) in [6.45, 7) is 1.99. The molecule has 0 bridgehead atoms. The zero-order valence-electron chi connectivity index (χ0n) is 13.1. The van der Waals surface area contributed by atoms with E-state index in [4.69, 9.17) is 4.74 Å². The van der Waals surface area contributed by atoms with E-state index in [1.165, 1.54) is 6.42 Å². The molecule has 0 radical (unpaired) electrons. The predicted octanol–water partition coefficient (Wildman–Crippen LogP) is 0.732. The number of hydrogen-bond donors (Lipinski definition) is 1. The first-order valence-electron chi connectivity index (χ1n) is 7.63. The van der Waals surface area contributed by atoms with E-state index in [2.05, 4.69) is 23.7 Å². The number of ether oxygens (including phenoxy) is 1. The van der Waals surface area contributed by atoms with Gasteiger partial charge >= 0.3 is 5.97 Å². The molecule has 2 unspecified atom stereocenters. The van der Waals surface area contributed by atoms with Gasteiger partial charge in [0, 0.05) is 17.5 Å². The van der Waals surface area contributed by atoms with Crippen LogP contribution in [0.1, 0.15) is 39.0 Å². The quantitative estimate of drug-likeness (QED) is 0.701. The van der Waals surface area contributed by atoms with E-state index in [0.29, 0.717) is 6.04 Å². The Hall–Kier alpha value is -0.660. The molecule has 0 aromatic heterocycles. The van der Waals surface area contributed by atoms with Crippen molar-refractivity contribution in [3.05, 3.63) is 0 Å². The molecule has 2 fully saturated rings. The third-order valence-corrected chi connectivity index (χ3v) is 6.31. The van der Waals surface area contributed by atoms with Crippen molar-refractivity contribution in [3.63, 3.8) is 0 Å². The van der Waals surface area contributed by atoms with Crippen LogP contribution < -0.4 is 4.72 Å². The molecule has 1 spiro atoms. The zero-order valence-corrected chi connectivity index (χ0v) is 13.9. The number of sulfonamides is 1. The van der Waals surface area contributed by atoms with Crippen molar-refractivity contribution >= 4 is 16.0 Å². The Morgan fingerprint density at radius 2 is 2.05 bits per heavy atom. The third-order valence-electron chi connectivity index (χ3n) is 4.93. The summed E-state index contributed by atoms with van der Waals surface area (Å²) < 4.78 is 31.8. The minimum Gasteiger partial charge on any atom is -0.466 e. The van der Waals surface area contributed by atoms with Crippen molar-refractivity contribution in [1.29, 1.82) is 0 Å². The molecule has 0 amide bonds.